The number of nitrogens with one attached hydrogen (secondary N) is 2. The van der Waals surface area contributed by atoms with Crippen molar-refractivity contribution in [2.45, 2.75) is 13.8 Å². The zero-order valence-corrected chi connectivity index (χ0v) is 9.65. The van der Waals surface area contributed by atoms with Crippen molar-refractivity contribution in [1.82, 2.24) is 10.2 Å². The Balaban J connectivity index is 2.03. The van der Waals surface area contributed by atoms with E-state index in [1.807, 2.05) is 13.8 Å². The van der Waals surface area contributed by atoms with Gasteiger partial charge in [0.2, 0.25) is 5.91 Å². The van der Waals surface area contributed by atoms with Gasteiger partial charge in [-0.1, -0.05) is 0 Å². The molecule has 0 aliphatic rings. The molecule has 88 valence electrons. The number of aryl methyl sites for hydroxylation is 2. The number of aromatic nitrogens is 2. The first-order valence-electron chi connectivity index (χ1n) is 5.21. The van der Waals surface area contributed by atoms with Crippen LogP contribution in [0.5, 0.6) is 0 Å². The molecule has 0 unspecified atom stereocenters. The number of H-pyrrole nitrogens is 1. The van der Waals surface area contributed by atoms with Gasteiger partial charge in [0.25, 0.3) is 0 Å². The molecule has 0 aliphatic carbocycles. The number of aromatic amines is 1. The fourth-order valence-corrected chi connectivity index (χ4v) is 1.44. The molecular formula is C12H13N3O2. The molecule has 0 spiro atoms. The van der Waals surface area contributed by atoms with Gasteiger partial charge in [-0.05, 0) is 32.1 Å². The van der Waals surface area contributed by atoms with E-state index in [1.54, 1.807) is 24.5 Å². The molecule has 2 aromatic heterocycles. The second-order valence-electron chi connectivity index (χ2n) is 3.65. The van der Waals surface area contributed by atoms with E-state index < -0.39 is 0 Å². The molecule has 0 atom stereocenters. The van der Waals surface area contributed by atoms with Crippen LogP contribution in [0.4, 0.5) is 5.69 Å². The van der Waals surface area contributed by atoms with E-state index in [1.165, 1.54) is 6.08 Å². The largest absolute Gasteiger partial charge is 0.465 e. The summed E-state index contributed by atoms with van der Waals surface area (Å²) in [5.74, 6) is 0.426. The van der Waals surface area contributed by atoms with Gasteiger partial charge in [-0.2, -0.15) is 5.10 Å². The van der Waals surface area contributed by atoms with Crippen LogP contribution in [-0.2, 0) is 4.79 Å². The molecule has 0 saturated carbocycles. The maximum atomic E-state index is 11.6. The van der Waals surface area contributed by atoms with E-state index in [9.17, 15) is 4.79 Å². The molecule has 1 amide bonds. The van der Waals surface area contributed by atoms with E-state index in [0.29, 0.717) is 5.76 Å². The summed E-state index contributed by atoms with van der Waals surface area (Å²) in [6.07, 6.45) is 4.59. The van der Waals surface area contributed by atoms with Crippen LogP contribution in [0.15, 0.2) is 28.9 Å². The van der Waals surface area contributed by atoms with E-state index in [4.69, 9.17) is 4.42 Å². The van der Waals surface area contributed by atoms with Gasteiger partial charge in [0.1, 0.15) is 5.76 Å². The highest BCUT2D eigenvalue weighted by Gasteiger charge is 2.07. The summed E-state index contributed by atoms with van der Waals surface area (Å²) < 4.78 is 5.08. The summed E-state index contributed by atoms with van der Waals surface area (Å²) in [7, 11) is 0. The Hall–Kier alpha value is -2.30. The molecule has 0 saturated heterocycles. The maximum Gasteiger partial charge on any atom is 0.248 e. The molecule has 2 rings (SSSR count). The summed E-state index contributed by atoms with van der Waals surface area (Å²) in [6, 6.07) is 3.54. The molecule has 17 heavy (non-hydrogen) atoms. The molecule has 0 radical (unpaired) electrons. The van der Waals surface area contributed by atoms with Gasteiger partial charge in [-0.25, -0.2) is 0 Å². The van der Waals surface area contributed by atoms with Crippen molar-refractivity contribution in [1.29, 1.82) is 0 Å². The summed E-state index contributed by atoms with van der Waals surface area (Å²) in [6.45, 7) is 3.68. The van der Waals surface area contributed by atoms with Crippen molar-refractivity contribution in [3.63, 3.8) is 0 Å². The Bertz CT molecular complexity index is 519. The van der Waals surface area contributed by atoms with E-state index >= 15 is 0 Å². The number of hydrogen-bond acceptors (Lipinski definition) is 3. The van der Waals surface area contributed by atoms with Crippen LogP contribution in [0.1, 0.15) is 17.1 Å². The van der Waals surface area contributed by atoms with Crippen molar-refractivity contribution in [2.75, 3.05) is 5.32 Å². The molecule has 2 N–H and O–H groups in total. The van der Waals surface area contributed by atoms with E-state index in [2.05, 4.69) is 15.5 Å². The first-order valence-corrected chi connectivity index (χ1v) is 5.21. The molecule has 5 nitrogen and oxygen atoms in total. The molecular weight excluding hydrogens is 218 g/mol. The number of amides is 1. The molecule has 0 aliphatic heterocycles. The fraction of sp³-hybridized carbons (Fsp3) is 0.167. The zero-order valence-electron chi connectivity index (χ0n) is 9.65. The number of furan rings is 1. The Kier molecular flexibility index (Phi) is 3.09. The van der Waals surface area contributed by atoms with Gasteiger partial charge in [-0.3, -0.25) is 9.89 Å². The molecule has 0 aromatic carbocycles. The van der Waals surface area contributed by atoms with Gasteiger partial charge in [0, 0.05) is 6.08 Å². The number of hydrogen-bond donors (Lipinski definition) is 2. The number of anilines is 1. The van der Waals surface area contributed by atoms with Crippen molar-refractivity contribution in [3.8, 4) is 0 Å². The molecule has 0 fully saturated rings. The van der Waals surface area contributed by atoms with Crippen LogP contribution in [-0.4, -0.2) is 16.1 Å². The van der Waals surface area contributed by atoms with Crippen LogP contribution in [0.3, 0.4) is 0 Å². The quantitative estimate of drug-likeness (QED) is 0.796. The average molecular weight is 231 g/mol. The van der Waals surface area contributed by atoms with Gasteiger partial charge >= 0.3 is 0 Å². The highest BCUT2D eigenvalue weighted by atomic mass is 16.3. The Morgan fingerprint density at radius 1 is 1.53 bits per heavy atom. The van der Waals surface area contributed by atoms with Crippen LogP contribution < -0.4 is 5.32 Å². The Morgan fingerprint density at radius 3 is 2.94 bits per heavy atom. The maximum absolute atomic E-state index is 11.6. The van der Waals surface area contributed by atoms with Crippen LogP contribution in [0, 0.1) is 13.8 Å². The Labute approximate surface area is 98.5 Å². The van der Waals surface area contributed by atoms with Crippen molar-refractivity contribution >= 4 is 17.7 Å². The number of nitrogens with zero attached hydrogens (tertiary/aromatic N) is 1. The van der Waals surface area contributed by atoms with Crippen LogP contribution in [0.2, 0.25) is 0 Å². The summed E-state index contributed by atoms with van der Waals surface area (Å²) >= 11 is 0. The smallest absolute Gasteiger partial charge is 0.248 e. The third-order valence-electron chi connectivity index (χ3n) is 2.32. The predicted molar refractivity (Wildman–Crippen MR) is 64.4 cm³/mol. The molecule has 2 aromatic rings. The van der Waals surface area contributed by atoms with Crippen molar-refractivity contribution < 1.29 is 9.21 Å². The second kappa shape index (κ2) is 4.69. The highest BCUT2D eigenvalue weighted by molar-refractivity contribution is 6.02. The zero-order chi connectivity index (χ0) is 12.3. The summed E-state index contributed by atoms with van der Waals surface area (Å²) in [5, 5.41) is 9.56. The third kappa shape index (κ3) is 2.63. The summed E-state index contributed by atoms with van der Waals surface area (Å²) in [4.78, 5) is 11.6. The van der Waals surface area contributed by atoms with Crippen LogP contribution >= 0.6 is 0 Å². The van der Waals surface area contributed by atoms with Gasteiger partial charge in [-0.15, -0.1) is 0 Å². The SMILES string of the molecule is Cc1n[nH]c(C)c1NC(=O)/C=C/c1ccco1. The lowest BCUT2D eigenvalue weighted by Gasteiger charge is -2.00. The third-order valence-corrected chi connectivity index (χ3v) is 2.32. The van der Waals surface area contributed by atoms with Crippen molar-refractivity contribution in [2.24, 2.45) is 0 Å². The van der Waals surface area contributed by atoms with E-state index in [-0.39, 0.29) is 5.91 Å². The van der Waals surface area contributed by atoms with E-state index in [0.717, 1.165) is 17.1 Å². The normalized spacial score (nSPS) is 10.9. The minimum absolute atomic E-state index is 0.214. The molecule has 5 heteroatoms. The molecule has 2 heterocycles. The molecule has 0 bridgehead atoms. The van der Waals surface area contributed by atoms with Gasteiger partial charge in [0.05, 0.1) is 23.3 Å². The first-order chi connectivity index (χ1) is 8.16. The lowest BCUT2D eigenvalue weighted by molar-refractivity contribution is -0.111. The second-order valence-corrected chi connectivity index (χ2v) is 3.65. The van der Waals surface area contributed by atoms with Gasteiger partial charge < -0.3 is 9.73 Å². The topological polar surface area (TPSA) is 70.9 Å². The minimum Gasteiger partial charge on any atom is -0.465 e. The fourth-order valence-electron chi connectivity index (χ4n) is 1.44. The standard InChI is InChI=1S/C12H13N3O2/c1-8-12(9(2)15-14-8)13-11(16)6-5-10-4-3-7-17-10/h3-7H,1-2H3,(H,13,16)(H,14,15)/b6-5+. The monoisotopic (exact) mass is 231 g/mol. The highest BCUT2D eigenvalue weighted by Crippen LogP contribution is 2.15. The van der Waals surface area contributed by atoms with Gasteiger partial charge in [0.15, 0.2) is 0 Å². The lowest BCUT2D eigenvalue weighted by atomic mass is 10.3. The van der Waals surface area contributed by atoms with Crippen molar-refractivity contribution in [3.05, 3.63) is 41.6 Å². The number of carbonyl (C=O) groups excluding carboxylic acids is 1. The Morgan fingerprint density at radius 2 is 2.35 bits per heavy atom. The number of rotatable bonds is 3. The average Bonchev–Trinajstić information content (AvgIpc) is 2.91. The lowest BCUT2D eigenvalue weighted by Crippen LogP contribution is -2.09. The van der Waals surface area contributed by atoms with Crippen LogP contribution in [0.25, 0.3) is 6.08 Å². The predicted octanol–water partition coefficient (Wildman–Crippen LogP) is 2.27. The first kappa shape index (κ1) is 11.2. The minimum atomic E-state index is -0.214. The number of carbonyl (C=O) groups is 1. The summed E-state index contributed by atoms with van der Waals surface area (Å²) in [5.41, 5.74) is 2.32.